The van der Waals surface area contributed by atoms with E-state index in [1.54, 1.807) is 25.7 Å². The zero-order valence-corrected chi connectivity index (χ0v) is 14.5. The molecule has 1 atom stereocenters. The molecule has 1 aliphatic heterocycles. The molecule has 1 amide bonds. The molecule has 0 bridgehead atoms. The van der Waals surface area contributed by atoms with Crippen molar-refractivity contribution >= 4 is 23.4 Å². The van der Waals surface area contributed by atoms with E-state index in [1.165, 1.54) is 17.0 Å². The number of aliphatic hydroxyl groups is 1. The van der Waals surface area contributed by atoms with Gasteiger partial charge in [-0.1, -0.05) is 0 Å². The molecular weight excluding hydrogens is 330 g/mol. The number of carbonyl (C=O) groups is 1. The molecule has 1 aromatic heterocycles. The minimum absolute atomic E-state index is 0.186. The number of ether oxygens (including phenoxy) is 1. The Kier molecular flexibility index (Phi) is 5.31. The topological polar surface area (TPSA) is 135 Å². The standard InChI is InChI=1S/C15H23N5O5/c1-15(2,3)25-14(22)18-6-7-19(10(8-18)9-21)12-5-4-11(20(23)24)13(16)17-12/h4-5,10,21H,6-9H2,1-3H3,(H2,16,17)/t10-/m0/s1. The molecule has 0 spiro atoms. The normalized spacial score (nSPS) is 18.2. The van der Waals surface area contributed by atoms with Crippen molar-refractivity contribution < 1.29 is 19.6 Å². The minimum atomic E-state index is -0.601. The van der Waals surface area contributed by atoms with Crippen LogP contribution in [0.3, 0.4) is 0 Å². The second-order valence-corrected chi connectivity index (χ2v) is 6.79. The number of amides is 1. The van der Waals surface area contributed by atoms with Crippen molar-refractivity contribution in [2.24, 2.45) is 0 Å². The molecule has 0 aromatic carbocycles. The first-order chi connectivity index (χ1) is 11.6. The van der Waals surface area contributed by atoms with E-state index in [-0.39, 0.29) is 24.7 Å². The van der Waals surface area contributed by atoms with Crippen molar-refractivity contribution in [2.45, 2.75) is 32.4 Å². The van der Waals surface area contributed by atoms with Crippen LogP contribution < -0.4 is 10.6 Å². The number of rotatable bonds is 3. The van der Waals surface area contributed by atoms with E-state index in [4.69, 9.17) is 10.5 Å². The van der Waals surface area contributed by atoms with Gasteiger partial charge in [-0.15, -0.1) is 0 Å². The summed E-state index contributed by atoms with van der Waals surface area (Å²) in [5.41, 5.74) is 4.77. The van der Waals surface area contributed by atoms with Crippen molar-refractivity contribution in [1.82, 2.24) is 9.88 Å². The third-order valence-electron chi connectivity index (χ3n) is 3.72. The Bertz CT molecular complexity index is 660. The van der Waals surface area contributed by atoms with E-state index >= 15 is 0 Å². The highest BCUT2D eigenvalue weighted by Gasteiger charge is 2.32. The second-order valence-electron chi connectivity index (χ2n) is 6.79. The summed E-state index contributed by atoms with van der Waals surface area (Å²) in [6.07, 6.45) is -0.443. The first-order valence-electron chi connectivity index (χ1n) is 7.88. The first kappa shape index (κ1) is 18.7. The number of nitro groups is 1. The lowest BCUT2D eigenvalue weighted by Crippen LogP contribution is -2.57. The molecule has 25 heavy (non-hydrogen) atoms. The molecule has 0 radical (unpaired) electrons. The molecular formula is C15H23N5O5. The van der Waals surface area contributed by atoms with Gasteiger partial charge in [0.05, 0.1) is 17.6 Å². The van der Waals surface area contributed by atoms with Crippen LogP contribution in [0.5, 0.6) is 0 Å². The predicted octanol–water partition coefficient (Wildman–Crippen LogP) is 0.990. The number of piperazine rings is 1. The third-order valence-corrected chi connectivity index (χ3v) is 3.72. The average molecular weight is 353 g/mol. The quantitative estimate of drug-likeness (QED) is 0.606. The van der Waals surface area contributed by atoms with Crippen molar-refractivity contribution in [3.8, 4) is 0 Å². The number of nitrogen functional groups attached to an aromatic ring is 1. The van der Waals surface area contributed by atoms with Crippen LogP contribution in [0.15, 0.2) is 12.1 Å². The largest absolute Gasteiger partial charge is 0.444 e. The lowest BCUT2D eigenvalue weighted by atomic mass is 10.1. The zero-order valence-electron chi connectivity index (χ0n) is 14.5. The van der Waals surface area contributed by atoms with Crippen molar-refractivity contribution in [1.29, 1.82) is 0 Å². The summed E-state index contributed by atoms with van der Waals surface area (Å²) in [5.74, 6) is 0.236. The Morgan fingerprint density at radius 3 is 2.68 bits per heavy atom. The summed E-state index contributed by atoms with van der Waals surface area (Å²) in [6.45, 7) is 6.18. The van der Waals surface area contributed by atoms with Gasteiger partial charge in [-0.3, -0.25) is 10.1 Å². The maximum Gasteiger partial charge on any atom is 0.410 e. The molecule has 0 aliphatic carbocycles. The van der Waals surface area contributed by atoms with Crippen LogP contribution in [0.1, 0.15) is 20.8 Å². The fourth-order valence-electron chi connectivity index (χ4n) is 2.58. The number of aromatic nitrogens is 1. The van der Waals surface area contributed by atoms with Gasteiger partial charge in [0.2, 0.25) is 5.82 Å². The van der Waals surface area contributed by atoms with Gasteiger partial charge < -0.3 is 25.4 Å². The van der Waals surface area contributed by atoms with Gasteiger partial charge in [0.25, 0.3) is 0 Å². The van der Waals surface area contributed by atoms with Gasteiger partial charge >= 0.3 is 11.8 Å². The number of nitrogens with two attached hydrogens (primary N) is 1. The molecule has 1 aromatic rings. The molecule has 138 valence electrons. The minimum Gasteiger partial charge on any atom is -0.444 e. The SMILES string of the molecule is CC(C)(C)OC(=O)N1CCN(c2ccc([N+](=O)[O-])c(N)n2)[C@H](CO)C1. The highest BCUT2D eigenvalue weighted by molar-refractivity contribution is 5.69. The molecule has 0 unspecified atom stereocenters. The van der Waals surface area contributed by atoms with Crippen LogP contribution >= 0.6 is 0 Å². The number of carbonyl (C=O) groups excluding carboxylic acids is 1. The first-order valence-corrected chi connectivity index (χ1v) is 7.88. The number of anilines is 2. The Morgan fingerprint density at radius 1 is 1.48 bits per heavy atom. The number of aliphatic hydroxyl groups excluding tert-OH is 1. The highest BCUT2D eigenvalue weighted by atomic mass is 16.6. The van der Waals surface area contributed by atoms with Crippen molar-refractivity contribution in [3.05, 3.63) is 22.2 Å². The van der Waals surface area contributed by atoms with Gasteiger partial charge in [0.1, 0.15) is 11.4 Å². The van der Waals surface area contributed by atoms with Gasteiger partial charge in [0, 0.05) is 25.7 Å². The fourth-order valence-corrected chi connectivity index (χ4v) is 2.58. The summed E-state index contributed by atoms with van der Waals surface area (Å²) in [4.78, 5) is 29.8. The molecule has 10 nitrogen and oxygen atoms in total. The second kappa shape index (κ2) is 7.09. The monoisotopic (exact) mass is 353 g/mol. The maximum absolute atomic E-state index is 12.2. The lowest BCUT2D eigenvalue weighted by Gasteiger charge is -2.41. The summed E-state index contributed by atoms with van der Waals surface area (Å²) in [7, 11) is 0. The Labute approximate surface area is 145 Å². The van der Waals surface area contributed by atoms with Crippen molar-refractivity contribution in [3.63, 3.8) is 0 Å². The van der Waals surface area contributed by atoms with E-state index in [0.717, 1.165) is 0 Å². The summed E-state index contributed by atoms with van der Waals surface area (Å²) >= 11 is 0. The van der Waals surface area contributed by atoms with Gasteiger partial charge in [-0.25, -0.2) is 9.78 Å². The van der Waals surface area contributed by atoms with E-state index < -0.39 is 22.7 Å². The maximum atomic E-state index is 12.2. The van der Waals surface area contributed by atoms with Crippen molar-refractivity contribution in [2.75, 3.05) is 36.9 Å². The van der Waals surface area contributed by atoms with Crippen LogP contribution in [0, 0.1) is 10.1 Å². The lowest BCUT2D eigenvalue weighted by molar-refractivity contribution is -0.384. The molecule has 0 saturated carbocycles. The summed E-state index contributed by atoms with van der Waals surface area (Å²) in [6, 6.07) is 2.36. The fraction of sp³-hybridized carbons (Fsp3) is 0.600. The number of nitrogens with zero attached hydrogens (tertiary/aromatic N) is 4. The third kappa shape index (κ3) is 4.47. The molecule has 1 aliphatic rings. The smallest absolute Gasteiger partial charge is 0.410 e. The average Bonchev–Trinajstić information content (AvgIpc) is 2.52. The molecule has 2 heterocycles. The van der Waals surface area contributed by atoms with Crippen LogP contribution in [0.4, 0.5) is 22.1 Å². The highest BCUT2D eigenvalue weighted by Crippen LogP contribution is 2.26. The van der Waals surface area contributed by atoms with Crippen LogP contribution in [-0.4, -0.2) is 63.9 Å². The van der Waals surface area contributed by atoms with E-state index in [9.17, 15) is 20.0 Å². The van der Waals surface area contributed by atoms with E-state index in [1.807, 2.05) is 0 Å². The summed E-state index contributed by atoms with van der Waals surface area (Å²) < 4.78 is 5.35. The van der Waals surface area contributed by atoms with E-state index in [0.29, 0.717) is 18.9 Å². The van der Waals surface area contributed by atoms with E-state index in [2.05, 4.69) is 4.98 Å². The van der Waals surface area contributed by atoms with Gasteiger partial charge in [0.15, 0.2) is 0 Å². The van der Waals surface area contributed by atoms with Crippen LogP contribution in [0.25, 0.3) is 0 Å². The number of hydrogen-bond acceptors (Lipinski definition) is 8. The van der Waals surface area contributed by atoms with Gasteiger partial charge in [-0.2, -0.15) is 0 Å². The molecule has 1 fully saturated rings. The number of hydrogen-bond donors (Lipinski definition) is 2. The molecule has 1 saturated heterocycles. The predicted molar refractivity (Wildman–Crippen MR) is 91.3 cm³/mol. The molecule has 2 rings (SSSR count). The summed E-state index contributed by atoms with van der Waals surface area (Å²) in [5, 5.41) is 20.5. The zero-order chi connectivity index (χ0) is 18.8. The van der Waals surface area contributed by atoms with Gasteiger partial charge in [-0.05, 0) is 26.8 Å². The van der Waals surface area contributed by atoms with Crippen LogP contribution in [-0.2, 0) is 4.74 Å². The Morgan fingerprint density at radius 2 is 2.16 bits per heavy atom. The number of pyridine rings is 1. The van der Waals surface area contributed by atoms with Crippen LogP contribution in [0.2, 0.25) is 0 Å². The Balaban J connectivity index is 2.13. The Hall–Kier alpha value is -2.62. The molecule has 10 heteroatoms. The molecule has 3 N–H and O–H groups in total.